The van der Waals surface area contributed by atoms with Crippen molar-refractivity contribution in [3.8, 4) is 23.3 Å². The molecule has 1 amide bonds. The molecule has 10 heteroatoms. The molecule has 0 aliphatic heterocycles. The molecule has 0 aliphatic carbocycles. The summed E-state index contributed by atoms with van der Waals surface area (Å²) >= 11 is 3.35. The molecule has 1 heterocycles. The summed E-state index contributed by atoms with van der Waals surface area (Å²) in [5.74, 6) is 1.03. The van der Waals surface area contributed by atoms with Crippen LogP contribution < -0.4 is 14.8 Å². The lowest BCUT2D eigenvalue weighted by molar-refractivity contribution is -0.118. The van der Waals surface area contributed by atoms with Crippen molar-refractivity contribution in [1.82, 2.24) is 20.2 Å². The van der Waals surface area contributed by atoms with Gasteiger partial charge in [-0.1, -0.05) is 6.07 Å². The number of hydrogen-bond acceptors (Lipinski definition) is 7. The predicted octanol–water partition coefficient (Wildman–Crippen LogP) is 3.02. The van der Waals surface area contributed by atoms with E-state index < -0.39 is 0 Å². The number of nitrogens with zero attached hydrogens (tertiary/aromatic N) is 5. The second-order valence-corrected chi connectivity index (χ2v) is 6.71. The molecule has 1 aromatic heterocycles. The lowest BCUT2D eigenvalue weighted by Gasteiger charge is -2.14. The highest BCUT2D eigenvalue weighted by Crippen LogP contribution is 2.36. The van der Waals surface area contributed by atoms with E-state index in [9.17, 15) is 4.79 Å². The molecule has 2 aromatic carbocycles. The highest BCUT2D eigenvalue weighted by atomic mass is 79.9. The summed E-state index contributed by atoms with van der Waals surface area (Å²) in [5.41, 5.74) is 1.72. The zero-order valence-electron chi connectivity index (χ0n) is 15.7. The Hall–Kier alpha value is -3.45. The van der Waals surface area contributed by atoms with Gasteiger partial charge < -0.3 is 14.8 Å². The average molecular weight is 457 g/mol. The molecule has 29 heavy (non-hydrogen) atoms. The molecular formula is C19H17BrN6O3. The first-order chi connectivity index (χ1) is 14.0. The number of nitrogens with one attached hydrogen (secondary N) is 1. The van der Waals surface area contributed by atoms with E-state index in [2.05, 4.69) is 42.8 Å². The zero-order chi connectivity index (χ0) is 20.8. The highest BCUT2D eigenvalue weighted by Gasteiger charge is 2.14. The van der Waals surface area contributed by atoms with Crippen LogP contribution in [0.15, 0.2) is 40.9 Å². The van der Waals surface area contributed by atoms with E-state index in [0.29, 0.717) is 39.7 Å². The van der Waals surface area contributed by atoms with Crippen molar-refractivity contribution in [2.45, 2.75) is 13.8 Å². The van der Waals surface area contributed by atoms with Crippen LogP contribution in [0, 0.1) is 18.3 Å². The van der Waals surface area contributed by atoms with E-state index >= 15 is 0 Å². The van der Waals surface area contributed by atoms with E-state index in [0.717, 1.165) is 5.69 Å². The number of aromatic nitrogens is 4. The van der Waals surface area contributed by atoms with Gasteiger partial charge >= 0.3 is 0 Å². The summed E-state index contributed by atoms with van der Waals surface area (Å²) in [6.07, 6.45) is 0. The molecule has 148 valence electrons. The molecule has 0 aliphatic rings. The third-order valence-electron chi connectivity index (χ3n) is 3.79. The normalized spacial score (nSPS) is 10.3. The number of benzene rings is 2. The van der Waals surface area contributed by atoms with E-state index in [-0.39, 0.29) is 12.5 Å². The van der Waals surface area contributed by atoms with Crippen molar-refractivity contribution in [3.63, 3.8) is 0 Å². The van der Waals surface area contributed by atoms with E-state index in [1.165, 1.54) is 0 Å². The smallest absolute Gasteiger partial charge is 0.262 e. The molecule has 3 rings (SSSR count). The van der Waals surface area contributed by atoms with Crippen LogP contribution in [0.5, 0.6) is 11.5 Å². The lowest BCUT2D eigenvalue weighted by Crippen LogP contribution is -2.20. The summed E-state index contributed by atoms with van der Waals surface area (Å²) in [5, 5.41) is 23.2. The van der Waals surface area contributed by atoms with Crippen LogP contribution in [0.2, 0.25) is 0 Å². The number of rotatable bonds is 7. The Bertz CT molecular complexity index is 1080. The molecule has 0 saturated carbocycles. The van der Waals surface area contributed by atoms with Crippen LogP contribution in [0.3, 0.4) is 0 Å². The number of nitriles is 1. The fraction of sp³-hybridized carbons (Fsp3) is 0.211. The Labute approximate surface area is 175 Å². The number of aryl methyl sites for hydroxylation is 1. The Morgan fingerprint density at radius 3 is 2.83 bits per heavy atom. The fourth-order valence-corrected chi connectivity index (χ4v) is 3.11. The lowest BCUT2D eigenvalue weighted by atomic mass is 10.2. The molecular weight excluding hydrogens is 440 g/mol. The van der Waals surface area contributed by atoms with Crippen LogP contribution in [-0.2, 0) is 4.79 Å². The van der Waals surface area contributed by atoms with Crippen LogP contribution in [0.4, 0.5) is 5.69 Å². The SMILES string of the molecule is CCOc1cc(C#N)cc(Br)c1OCC(=O)Nc1cccc(-n2nnnc2C)c1. The Morgan fingerprint density at radius 2 is 2.14 bits per heavy atom. The van der Waals surface area contributed by atoms with Gasteiger partial charge in [0.15, 0.2) is 23.9 Å². The maximum absolute atomic E-state index is 12.4. The van der Waals surface area contributed by atoms with Crippen LogP contribution in [-0.4, -0.2) is 39.3 Å². The summed E-state index contributed by atoms with van der Waals surface area (Å²) in [7, 11) is 0. The number of halogens is 1. The predicted molar refractivity (Wildman–Crippen MR) is 108 cm³/mol. The number of ether oxygens (including phenoxy) is 2. The average Bonchev–Trinajstić information content (AvgIpc) is 3.13. The fourth-order valence-electron chi connectivity index (χ4n) is 2.56. The van der Waals surface area contributed by atoms with Gasteiger partial charge in [0.1, 0.15) is 0 Å². The van der Waals surface area contributed by atoms with Crippen LogP contribution >= 0.6 is 15.9 Å². The first kappa shape index (κ1) is 20.3. The van der Waals surface area contributed by atoms with E-state index in [4.69, 9.17) is 14.7 Å². The minimum absolute atomic E-state index is 0.237. The minimum Gasteiger partial charge on any atom is -0.490 e. The molecule has 0 fully saturated rings. The van der Waals surface area contributed by atoms with Crippen molar-refractivity contribution in [2.75, 3.05) is 18.5 Å². The Balaban J connectivity index is 1.70. The quantitative estimate of drug-likeness (QED) is 0.580. The molecule has 0 atom stereocenters. The number of tetrazole rings is 1. The van der Waals surface area contributed by atoms with E-state index in [1.54, 1.807) is 41.9 Å². The number of amides is 1. The molecule has 0 unspecified atom stereocenters. The van der Waals surface area contributed by atoms with Crippen molar-refractivity contribution in [3.05, 3.63) is 52.3 Å². The molecule has 0 saturated heterocycles. The van der Waals surface area contributed by atoms with Gasteiger partial charge in [0.25, 0.3) is 5.91 Å². The monoisotopic (exact) mass is 456 g/mol. The van der Waals surface area contributed by atoms with Crippen molar-refractivity contribution in [2.24, 2.45) is 0 Å². The van der Waals surface area contributed by atoms with Gasteiger partial charge in [0, 0.05) is 11.8 Å². The molecule has 0 spiro atoms. The van der Waals surface area contributed by atoms with Gasteiger partial charge in [-0.3, -0.25) is 4.79 Å². The van der Waals surface area contributed by atoms with Gasteiger partial charge in [-0.05, 0) is 64.5 Å². The maximum Gasteiger partial charge on any atom is 0.262 e. The van der Waals surface area contributed by atoms with Crippen molar-refractivity contribution < 1.29 is 14.3 Å². The summed E-state index contributed by atoms with van der Waals surface area (Å²) in [4.78, 5) is 12.4. The number of hydrogen-bond donors (Lipinski definition) is 1. The summed E-state index contributed by atoms with van der Waals surface area (Å²) in [6.45, 7) is 3.76. The molecule has 3 aromatic rings. The third-order valence-corrected chi connectivity index (χ3v) is 4.37. The van der Waals surface area contributed by atoms with Crippen molar-refractivity contribution >= 4 is 27.5 Å². The maximum atomic E-state index is 12.4. The van der Waals surface area contributed by atoms with Gasteiger partial charge in [-0.25, -0.2) is 0 Å². The standard InChI is InChI=1S/C19H17BrN6O3/c1-3-28-17-8-13(10-21)7-16(20)19(17)29-11-18(27)22-14-5-4-6-15(9-14)26-12(2)23-24-25-26/h4-9H,3,11H2,1-2H3,(H,22,27). The summed E-state index contributed by atoms with van der Waals surface area (Å²) in [6, 6.07) is 12.4. The first-order valence-electron chi connectivity index (χ1n) is 8.66. The third kappa shape index (κ3) is 4.89. The Morgan fingerprint density at radius 1 is 1.31 bits per heavy atom. The number of anilines is 1. The zero-order valence-corrected chi connectivity index (χ0v) is 17.3. The van der Waals surface area contributed by atoms with Gasteiger partial charge in [-0.2, -0.15) is 9.94 Å². The van der Waals surface area contributed by atoms with Gasteiger partial charge in [-0.15, -0.1) is 5.10 Å². The van der Waals surface area contributed by atoms with Gasteiger partial charge in [0.05, 0.1) is 28.4 Å². The van der Waals surface area contributed by atoms with Crippen LogP contribution in [0.1, 0.15) is 18.3 Å². The van der Waals surface area contributed by atoms with E-state index in [1.807, 2.05) is 13.0 Å². The molecule has 0 bridgehead atoms. The second-order valence-electron chi connectivity index (χ2n) is 5.86. The summed E-state index contributed by atoms with van der Waals surface area (Å²) < 4.78 is 13.3. The largest absolute Gasteiger partial charge is 0.490 e. The van der Waals surface area contributed by atoms with Crippen LogP contribution in [0.25, 0.3) is 5.69 Å². The highest BCUT2D eigenvalue weighted by molar-refractivity contribution is 9.10. The topological polar surface area (TPSA) is 115 Å². The Kier molecular flexibility index (Phi) is 6.41. The molecule has 9 nitrogen and oxygen atoms in total. The minimum atomic E-state index is -0.353. The first-order valence-corrected chi connectivity index (χ1v) is 9.45. The number of carbonyl (C=O) groups is 1. The van der Waals surface area contributed by atoms with Gasteiger partial charge in [0.2, 0.25) is 0 Å². The van der Waals surface area contributed by atoms with Crippen molar-refractivity contribution in [1.29, 1.82) is 5.26 Å². The number of carbonyl (C=O) groups excluding carboxylic acids is 1. The second kappa shape index (κ2) is 9.16. The molecule has 0 radical (unpaired) electrons. The molecule has 1 N–H and O–H groups in total.